The monoisotopic (exact) mass is 397 g/mol. The van der Waals surface area contributed by atoms with Crippen LogP contribution in [0.4, 0.5) is 0 Å². The highest BCUT2D eigenvalue weighted by Crippen LogP contribution is 2.52. The summed E-state index contributed by atoms with van der Waals surface area (Å²) in [7, 11) is 3.38. The first-order valence-corrected chi connectivity index (χ1v) is 10.2. The Bertz CT molecular complexity index is 924. The lowest BCUT2D eigenvalue weighted by Gasteiger charge is -2.45. The first-order valence-electron chi connectivity index (χ1n) is 10.2. The van der Waals surface area contributed by atoms with Crippen LogP contribution in [0.1, 0.15) is 43.2 Å². The van der Waals surface area contributed by atoms with Crippen molar-refractivity contribution in [1.82, 2.24) is 4.90 Å². The maximum atomic E-state index is 6.62. The van der Waals surface area contributed by atoms with E-state index in [0.29, 0.717) is 0 Å². The van der Waals surface area contributed by atoms with E-state index in [1.165, 1.54) is 12.8 Å². The van der Waals surface area contributed by atoms with Gasteiger partial charge in [-0.25, -0.2) is 0 Å². The highest BCUT2D eigenvalue weighted by molar-refractivity contribution is 5.58. The Hall–Kier alpha value is -2.60. The summed E-state index contributed by atoms with van der Waals surface area (Å²) in [5.74, 6) is 4.09. The molecule has 3 heterocycles. The van der Waals surface area contributed by atoms with Crippen LogP contribution in [-0.4, -0.2) is 44.7 Å². The predicted octanol–water partition coefficient (Wildman–Crippen LogP) is 4.16. The lowest BCUT2D eigenvalue weighted by Crippen LogP contribution is -2.52. The molecule has 0 aromatic heterocycles. The Morgan fingerprint density at radius 2 is 1.69 bits per heavy atom. The highest BCUT2D eigenvalue weighted by atomic mass is 16.7. The second-order valence-electron chi connectivity index (χ2n) is 8.08. The van der Waals surface area contributed by atoms with Crippen molar-refractivity contribution in [2.75, 3.05) is 34.1 Å². The minimum atomic E-state index is -0.382. The molecule has 6 heteroatoms. The van der Waals surface area contributed by atoms with Crippen LogP contribution < -0.4 is 23.7 Å². The topological polar surface area (TPSA) is 49.4 Å². The van der Waals surface area contributed by atoms with Gasteiger partial charge in [-0.3, -0.25) is 4.90 Å². The summed E-state index contributed by atoms with van der Waals surface area (Å²) in [5, 5.41) is 0. The van der Waals surface area contributed by atoms with E-state index < -0.39 is 0 Å². The molecule has 0 N–H and O–H groups in total. The average molecular weight is 397 g/mol. The van der Waals surface area contributed by atoms with Gasteiger partial charge in [0.25, 0.3) is 0 Å². The minimum Gasteiger partial charge on any atom is -0.497 e. The molecule has 0 amide bonds. The Morgan fingerprint density at radius 3 is 2.41 bits per heavy atom. The van der Waals surface area contributed by atoms with Gasteiger partial charge < -0.3 is 23.7 Å². The van der Waals surface area contributed by atoms with Crippen molar-refractivity contribution >= 4 is 0 Å². The van der Waals surface area contributed by atoms with Crippen LogP contribution in [0.25, 0.3) is 0 Å². The van der Waals surface area contributed by atoms with Gasteiger partial charge in [-0.2, -0.15) is 0 Å². The van der Waals surface area contributed by atoms with Crippen molar-refractivity contribution in [2.24, 2.45) is 0 Å². The third kappa shape index (κ3) is 3.06. The molecule has 29 heavy (non-hydrogen) atoms. The molecule has 0 saturated carbocycles. The molecule has 3 aliphatic heterocycles. The second kappa shape index (κ2) is 7.02. The first-order chi connectivity index (χ1) is 14.1. The molecule has 154 valence electrons. The van der Waals surface area contributed by atoms with Gasteiger partial charge in [0.15, 0.2) is 17.2 Å². The average Bonchev–Trinajstić information content (AvgIpc) is 3.43. The fourth-order valence-electron chi connectivity index (χ4n) is 4.83. The van der Waals surface area contributed by atoms with Crippen LogP contribution in [0.2, 0.25) is 0 Å². The van der Waals surface area contributed by atoms with Crippen molar-refractivity contribution in [3.05, 3.63) is 41.5 Å². The number of hydrogen-bond donors (Lipinski definition) is 0. The molecular weight excluding hydrogens is 370 g/mol. The van der Waals surface area contributed by atoms with E-state index in [9.17, 15) is 0 Å². The molecule has 0 unspecified atom stereocenters. The van der Waals surface area contributed by atoms with Gasteiger partial charge in [0, 0.05) is 48.7 Å². The Balaban J connectivity index is 1.64. The zero-order chi connectivity index (χ0) is 20.0. The van der Waals surface area contributed by atoms with Gasteiger partial charge in [-0.05, 0) is 31.9 Å². The summed E-state index contributed by atoms with van der Waals surface area (Å²) in [6, 6.07) is 10.1. The number of fused-ring (bicyclic) bond motifs is 2. The zero-order valence-corrected chi connectivity index (χ0v) is 17.2. The minimum absolute atomic E-state index is 0.111. The quantitative estimate of drug-likeness (QED) is 0.772. The van der Waals surface area contributed by atoms with Crippen molar-refractivity contribution in [1.29, 1.82) is 0 Å². The third-order valence-corrected chi connectivity index (χ3v) is 6.38. The molecule has 0 aliphatic carbocycles. The number of hydrogen-bond acceptors (Lipinski definition) is 6. The molecule has 2 aromatic carbocycles. The SMILES string of the molecule is COc1ccc([C@@H]2C[C@](C)(N3CCCC3)Oc3cc4c(cc32)OCO4)c(OC)c1. The molecule has 0 radical (unpaired) electrons. The van der Waals surface area contributed by atoms with Gasteiger partial charge in [0.05, 0.1) is 14.2 Å². The van der Waals surface area contributed by atoms with E-state index in [-0.39, 0.29) is 18.4 Å². The van der Waals surface area contributed by atoms with Gasteiger partial charge in [0.2, 0.25) is 6.79 Å². The lowest BCUT2D eigenvalue weighted by molar-refractivity contribution is -0.0768. The standard InChI is InChI=1S/C23H27NO5/c1-23(24-8-4-5-9-24)13-18(16-7-6-15(25-2)10-19(16)26-3)17-11-21-22(28-14-27-21)12-20(17)29-23/h6-7,10-12,18H,4-5,8-9,13-14H2,1-3H3/t18-,23+/m0/s1. The highest BCUT2D eigenvalue weighted by Gasteiger charge is 2.44. The van der Waals surface area contributed by atoms with Crippen molar-refractivity contribution in [2.45, 2.75) is 37.8 Å². The molecule has 0 bridgehead atoms. The second-order valence-corrected chi connectivity index (χ2v) is 8.08. The number of ether oxygens (including phenoxy) is 5. The predicted molar refractivity (Wildman–Crippen MR) is 108 cm³/mol. The summed E-state index contributed by atoms with van der Waals surface area (Å²) in [6.07, 6.45) is 3.26. The van der Waals surface area contributed by atoms with Crippen LogP contribution >= 0.6 is 0 Å². The number of rotatable bonds is 4. The van der Waals surface area contributed by atoms with Crippen LogP contribution in [0.15, 0.2) is 30.3 Å². The van der Waals surface area contributed by atoms with Crippen LogP contribution in [0.3, 0.4) is 0 Å². The molecule has 1 fully saturated rings. The van der Waals surface area contributed by atoms with Gasteiger partial charge in [0.1, 0.15) is 17.2 Å². The normalized spacial score (nSPS) is 25.4. The van der Waals surface area contributed by atoms with E-state index in [1.807, 2.05) is 18.2 Å². The van der Waals surface area contributed by atoms with E-state index in [1.54, 1.807) is 14.2 Å². The summed E-state index contributed by atoms with van der Waals surface area (Å²) in [4.78, 5) is 2.46. The van der Waals surface area contributed by atoms with Crippen molar-refractivity contribution in [3.8, 4) is 28.7 Å². The Labute approximate surface area is 171 Å². The first kappa shape index (κ1) is 18.4. The van der Waals surface area contributed by atoms with Gasteiger partial charge in [-0.1, -0.05) is 6.07 Å². The summed E-state index contributed by atoms with van der Waals surface area (Å²) >= 11 is 0. The maximum Gasteiger partial charge on any atom is 0.231 e. The van der Waals surface area contributed by atoms with Crippen LogP contribution in [0.5, 0.6) is 28.7 Å². The smallest absolute Gasteiger partial charge is 0.231 e. The van der Waals surface area contributed by atoms with Crippen LogP contribution in [0, 0.1) is 0 Å². The van der Waals surface area contributed by atoms with Crippen molar-refractivity contribution in [3.63, 3.8) is 0 Å². The molecule has 6 nitrogen and oxygen atoms in total. The Kier molecular flexibility index (Phi) is 4.46. The summed E-state index contributed by atoms with van der Waals surface area (Å²) in [5.41, 5.74) is 1.85. The molecule has 0 spiro atoms. The number of likely N-dealkylation sites (tertiary alicyclic amines) is 1. The maximum absolute atomic E-state index is 6.62. The van der Waals surface area contributed by atoms with E-state index in [4.69, 9.17) is 23.7 Å². The lowest BCUT2D eigenvalue weighted by atomic mass is 9.81. The third-order valence-electron chi connectivity index (χ3n) is 6.38. The largest absolute Gasteiger partial charge is 0.497 e. The summed E-state index contributed by atoms with van der Waals surface area (Å²) < 4.78 is 29.0. The molecule has 5 rings (SSSR count). The van der Waals surface area contributed by atoms with Crippen LogP contribution in [-0.2, 0) is 0 Å². The Morgan fingerprint density at radius 1 is 0.931 bits per heavy atom. The van der Waals surface area contributed by atoms with E-state index in [0.717, 1.165) is 59.4 Å². The molecule has 1 saturated heterocycles. The number of benzene rings is 2. The van der Waals surface area contributed by atoms with E-state index >= 15 is 0 Å². The number of methoxy groups -OCH3 is 2. The molecule has 3 aliphatic rings. The molecule has 2 atom stereocenters. The van der Waals surface area contributed by atoms with Crippen molar-refractivity contribution < 1.29 is 23.7 Å². The molecule has 2 aromatic rings. The molecular formula is C23H27NO5. The van der Waals surface area contributed by atoms with E-state index in [2.05, 4.69) is 24.0 Å². The van der Waals surface area contributed by atoms with Gasteiger partial charge >= 0.3 is 0 Å². The fraction of sp³-hybridized carbons (Fsp3) is 0.478. The van der Waals surface area contributed by atoms with Gasteiger partial charge in [-0.15, -0.1) is 0 Å². The summed E-state index contributed by atoms with van der Waals surface area (Å²) in [6.45, 7) is 4.57. The number of nitrogens with zero attached hydrogens (tertiary/aromatic N) is 1. The fourth-order valence-corrected chi connectivity index (χ4v) is 4.83. The zero-order valence-electron chi connectivity index (χ0n) is 17.2.